The second kappa shape index (κ2) is 5.82. The van der Waals surface area contributed by atoms with Gasteiger partial charge in [-0.05, 0) is 26.8 Å². The fourth-order valence-electron chi connectivity index (χ4n) is 1.51. The Kier molecular flexibility index (Phi) is 4.70. The van der Waals surface area contributed by atoms with Crippen molar-refractivity contribution in [2.75, 3.05) is 13.1 Å². The zero-order valence-corrected chi connectivity index (χ0v) is 11.2. The second-order valence-corrected chi connectivity index (χ2v) is 4.49. The SMILES string of the molecule is C=C(C)CN(CC)C(=O)c1cnc(C)cc1Cl. The maximum Gasteiger partial charge on any atom is 0.257 e. The molecule has 0 aliphatic rings. The average molecular weight is 253 g/mol. The Morgan fingerprint density at radius 3 is 2.71 bits per heavy atom. The highest BCUT2D eigenvalue weighted by Crippen LogP contribution is 2.18. The summed E-state index contributed by atoms with van der Waals surface area (Å²) in [6, 6.07) is 1.70. The fourth-order valence-corrected chi connectivity index (χ4v) is 1.79. The van der Waals surface area contributed by atoms with Crippen LogP contribution in [0.5, 0.6) is 0 Å². The quantitative estimate of drug-likeness (QED) is 0.772. The van der Waals surface area contributed by atoms with E-state index < -0.39 is 0 Å². The van der Waals surface area contributed by atoms with Gasteiger partial charge in [-0.2, -0.15) is 0 Å². The van der Waals surface area contributed by atoms with Gasteiger partial charge in [-0.1, -0.05) is 23.8 Å². The molecule has 92 valence electrons. The van der Waals surface area contributed by atoms with Gasteiger partial charge in [-0.25, -0.2) is 0 Å². The van der Waals surface area contributed by atoms with Gasteiger partial charge in [0.2, 0.25) is 0 Å². The molecule has 0 fully saturated rings. The van der Waals surface area contributed by atoms with Gasteiger partial charge in [0.15, 0.2) is 0 Å². The molecule has 0 aromatic carbocycles. The molecular weight excluding hydrogens is 236 g/mol. The van der Waals surface area contributed by atoms with Crippen LogP contribution >= 0.6 is 11.6 Å². The Hall–Kier alpha value is -1.35. The van der Waals surface area contributed by atoms with E-state index in [4.69, 9.17) is 11.6 Å². The van der Waals surface area contributed by atoms with Crippen molar-refractivity contribution in [1.29, 1.82) is 0 Å². The number of likely N-dealkylation sites (N-methyl/N-ethyl adjacent to an activating group) is 1. The highest BCUT2D eigenvalue weighted by molar-refractivity contribution is 6.33. The van der Waals surface area contributed by atoms with E-state index in [-0.39, 0.29) is 5.91 Å². The third-order valence-electron chi connectivity index (χ3n) is 2.35. The zero-order valence-electron chi connectivity index (χ0n) is 10.5. The molecule has 1 aromatic heterocycles. The largest absolute Gasteiger partial charge is 0.335 e. The van der Waals surface area contributed by atoms with Crippen LogP contribution in [0.2, 0.25) is 5.02 Å². The normalized spacial score (nSPS) is 10.1. The molecule has 0 aliphatic carbocycles. The Morgan fingerprint density at radius 1 is 1.59 bits per heavy atom. The molecule has 0 bridgehead atoms. The van der Waals surface area contributed by atoms with Gasteiger partial charge in [0, 0.05) is 25.0 Å². The van der Waals surface area contributed by atoms with E-state index in [1.807, 2.05) is 20.8 Å². The summed E-state index contributed by atoms with van der Waals surface area (Å²) in [6.07, 6.45) is 1.53. The van der Waals surface area contributed by atoms with Crippen molar-refractivity contribution in [2.45, 2.75) is 20.8 Å². The molecule has 1 rings (SSSR count). The molecule has 1 amide bonds. The summed E-state index contributed by atoms with van der Waals surface area (Å²) in [6.45, 7) is 10.6. The first kappa shape index (κ1) is 13.7. The molecule has 0 aliphatic heterocycles. The van der Waals surface area contributed by atoms with Gasteiger partial charge in [0.1, 0.15) is 0 Å². The number of aryl methyl sites for hydroxylation is 1. The highest BCUT2D eigenvalue weighted by atomic mass is 35.5. The van der Waals surface area contributed by atoms with Crippen molar-refractivity contribution in [3.05, 3.63) is 40.7 Å². The van der Waals surface area contributed by atoms with Crippen molar-refractivity contribution in [3.63, 3.8) is 0 Å². The van der Waals surface area contributed by atoms with E-state index >= 15 is 0 Å². The molecule has 0 radical (unpaired) electrons. The fraction of sp³-hybridized carbons (Fsp3) is 0.385. The Labute approximate surface area is 107 Å². The lowest BCUT2D eigenvalue weighted by Gasteiger charge is -2.21. The second-order valence-electron chi connectivity index (χ2n) is 4.08. The summed E-state index contributed by atoms with van der Waals surface area (Å²) in [7, 11) is 0. The minimum atomic E-state index is -0.104. The Morgan fingerprint density at radius 2 is 2.24 bits per heavy atom. The third-order valence-corrected chi connectivity index (χ3v) is 2.66. The van der Waals surface area contributed by atoms with E-state index in [1.54, 1.807) is 11.0 Å². The highest BCUT2D eigenvalue weighted by Gasteiger charge is 2.17. The van der Waals surface area contributed by atoms with E-state index in [1.165, 1.54) is 6.20 Å². The van der Waals surface area contributed by atoms with Crippen molar-refractivity contribution in [3.8, 4) is 0 Å². The van der Waals surface area contributed by atoms with Crippen molar-refractivity contribution in [2.24, 2.45) is 0 Å². The lowest BCUT2D eigenvalue weighted by atomic mass is 10.2. The molecule has 1 heterocycles. The zero-order chi connectivity index (χ0) is 13.0. The number of carbonyl (C=O) groups is 1. The predicted octanol–water partition coefficient (Wildman–Crippen LogP) is 3.08. The summed E-state index contributed by atoms with van der Waals surface area (Å²) in [5.74, 6) is -0.104. The molecule has 3 nitrogen and oxygen atoms in total. The van der Waals surface area contributed by atoms with Gasteiger partial charge in [0.25, 0.3) is 5.91 Å². The average Bonchev–Trinajstić information content (AvgIpc) is 2.24. The van der Waals surface area contributed by atoms with Crippen LogP contribution in [-0.2, 0) is 0 Å². The number of pyridine rings is 1. The minimum absolute atomic E-state index is 0.104. The molecule has 0 saturated carbocycles. The van der Waals surface area contributed by atoms with Crippen molar-refractivity contribution < 1.29 is 4.79 Å². The Bertz CT molecular complexity index is 443. The van der Waals surface area contributed by atoms with Crippen LogP contribution in [0.4, 0.5) is 0 Å². The van der Waals surface area contributed by atoms with E-state index in [0.717, 1.165) is 11.3 Å². The Balaban J connectivity index is 2.97. The van der Waals surface area contributed by atoms with Crippen LogP contribution in [0.3, 0.4) is 0 Å². The van der Waals surface area contributed by atoms with Gasteiger partial charge in [-0.15, -0.1) is 0 Å². The topological polar surface area (TPSA) is 33.2 Å². The number of halogens is 1. The molecule has 17 heavy (non-hydrogen) atoms. The first-order valence-corrected chi connectivity index (χ1v) is 5.89. The lowest BCUT2D eigenvalue weighted by Crippen LogP contribution is -2.32. The van der Waals surface area contributed by atoms with Crippen LogP contribution in [-0.4, -0.2) is 28.9 Å². The third kappa shape index (κ3) is 3.56. The maximum atomic E-state index is 12.2. The summed E-state index contributed by atoms with van der Waals surface area (Å²) >= 11 is 6.05. The van der Waals surface area contributed by atoms with Crippen LogP contribution in [0, 0.1) is 6.92 Å². The van der Waals surface area contributed by atoms with E-state index in [9.17, 15) is 4.79 Å². The number of amides is 1. The van der Waals surface area contributed by atoms with Gasteiger partial charge in [0.05, 0.1) is 10.6 Å². The summed E-state index contributed by atoms with van der Waals surface area (Å²) in [5.41, 5.74) is 2.19. The standard InChI is InChI=1S/C13H17ClN2O/c1-5-16(8-9(2)3)13(17)11-7-15-10(4)6-12(11)14/h6-7H,2,5,8H2,1,3-4H3. The molecule has 1 aromatic rings. The van der Waals surface area contributed by atoms with Crippen LogP contribution in [0.25, 0.3) is 0 Å². The first-order valence-electron chi connectivity index (χ1n) is 5.51. The number of carbonyl (C=O) groups excluding carboxylic acids is 1. The van der Waals surface area contributed by atoms with Crippen molar-refractivity contribution >= 4 is 17.5 Å². The summed E-state index contributed by atoms with van der Waals surface area (Å²) in [4.78, 5) is 18.0. The number of nitrogens with zero attached hydrogens (tertiary/aromatic N) is 2. The molecule has 0 N–H and O–H groups in total. The van der Waals surface area contributed by atoms with Crippen LogP contribution in [0.15, 0.2) is 24.4 Å². The van der Waals surface area contributed by atoms with Gasteiger partial charge < -0.3 is 4.90 Å². The molecule has 0 atom stereocenters. The van der Waals surface area contributed by atoms with Crippen LogP contribution < -0.4 is 0 Å². The van der Waals surface area contributed by atoms with Gasteiger partial charge in [-0.3, -0.25) is 9.78 Å². The lowest BCUT2D eigenvalue weighted by molar-refractivity contribution is 0.0778. The van der Waals surface area contributed by atoms with Crippen molar-refractivity contribution in [1.82, 2.24) is 9.88 Å². The maximum absolute atomic E-state index is 12.2. The van der Waals surface area contributed by atoms with E-state index in [0.29, 0.717) is 23.7 Å². The molecular formula is C13H17ClN2O. The monoisotopic (exact) mass is 252 g/mol. The predicted molar refractivity (Wildman–Crippen MR) is 70.4 cm³/mol. The van der Waals surface area contributed by atoms with Gasteiger partial charge >= 0.3 is 0 Å². The minimum Gasteiger partial charge on any atom is -0.335 e. The van der Waals surface area contributed by atoms with E-state index in [2.05, 4.69) is 11.6 Å². The molecule has 4 heteroatoms. The number of aromatic nitrogens is 1. The molecule has 0 unspecified atom stereocenters. The number of hydrogen-bond acceptors (Lipinski definition) is 2. The first-order chi connectivity index (χ1) is 7.95. The summed E-state index contributed by atoms with van der Waals surface area (Å²) in [5, 5.41) is 0.447. The summed E-state index contributed by atoms with van der Waals surface area (Å²) < 4.78 is 0. The number of hydrogen-bond donors (Lipinski definition) is 0. The molecule has 0 spiro atoms. The smallest absolute Gasteiger partial charge is 0.257 e. The van der Waals surface area contributed by atoms with Crippen LogP contribution in [0.1, 0.15) is 29.9 Å². The number of rotatable bonds is 4. The molecule has 0 saturated heterocycles.